The SMILES string of the molecule is COc1ccc(NC(=O)c2c(NCc3ccc(C)o3)sc3c2CC[C@H](C)C3)cc1. The number of fused-ring (bicyclic) bond motifs is 1. The number of furan rings is 1. The van der Waals surface area contributed by atoms with Crippen molar-refractivity contribution in [2.75, 3.05) is 17.7 Å². The molecular formula is C23H26N2O3S. The van der Waals surface area contributed by atoms with Crippen LogP contribution in [0.4, 0.5) is 10.7 Å². The highest BCUT2D eigenvalue weighted by atomic mass is 32.1. The third-order valence-electron chi connectivity index (χ3n) is 5.31. The van der Waals surface area contributed by atoms with Crippen LogP contribution in [0.5, 0.6) is 5.75 Å². The van der Waals surface area contributed by atoms with Gasteiger partial charge < -0.3 is 19.8 Å². The first-order valence-corrected chi connectivity index (χ1v) is 10.7. The summed E-state index contributed by atoms with van der Waals surface area (Å²) in [5, 5.41) is 7.41. The van der Waals surface area contributed by atoms with Gasteiger partial charge in [0.25, 0.3) is 5.91 Å². The van der Waals surface area contributed by atoms with Gasteiger partial charge in [0.15, 0.2) is 0 Å². The van der Waals surface area contributed by atoms with E-state index in [4.69, 9.17) is 9.15 Å². The topological polar surface area (TPSA) is 63.5 Å². The third-order valence-corrected chi connectivity index (χ3v) is 6.52. The van der Waals surface area contributed by atoms with E-state index in [1.165, 1.54) is 10.4 Å². The molecule has 4 rings (SSSR count). The fraction of sp³-hybridized carbons (Fsp3) is 0.348. The number of carbonyl (C=O) groups excluding carboxylic acids is 1. The van der Waals surface area contributed by atoms with Crippen molar-refractivity contribution in [2.24, 2.45) is 5.92 Å². The maximum absolute atomic E-state index is 13.2. The van der Waals surface area contributed by atoms with Crippen LogP contribution in [0.2, 0.25) is 0 Å². The first-order valence-electron chi connectivity index (χ1n) is 9.92. The predicted molar refractivity (Wildman–Crippen MR) is 117 cm³/mol. The number of nitrogens with one attached hydrogen (secondary N) is 2. The van der Waals surface area contributed by atoms with Crippen LogP contribution >= 0.6 is 11.3 Å². The maximum Gasteiger partial charge on any atom is 0.258 e. The highest BCUT2D eigenvalue weighted by Gasteiger charge is 2.27. The summed E-state index contributed by atoms with van der Waals surface area (Å²) >= 11 is 1.70. The summed E-state index contributed by atoms with van der Waals surface area (Å²) in [5.41, 5.74) is 2.72. The average Bonchev–Trinajstić information content (AvgIpc) is 3.29. The number of thiophene rings is 1. The van der Waals surface area contributed by atoms with Crippen LogP contribution < -0.4 is 15.4 Å². The van der Waals surface area contributed by atoms with Crippen molar-refractivity contribution >= 4 is 27.9 Å². The van der Waals surface area contributed by atoms with Crippen molar-refractivity contribution < 1.29 is 13.9 Å². The highest BCUT2D eigenvalue weighted by Crippen LogP contribution is 2.40. The number of anilines is 2. The van der Waals surface area contributed by atoms with E-state index in [0.29, 0.717) is 12.5 Å². The van der Waals surface area contributed by atoms with Gasteiger partial charge in [-0.3, -0.25) is 4.79 Å². The Balaban J connectivity index is 1.59. The first-order chi connectivity index (χ1) is 14.0. The number of hydrogen-bond donors (Lipinski definition) is 2. The zero-order chi connectivity index (χ0) is 20.4. The molecule has 0 radical (unpaired) electrons. The molecule has 1 aliphatic rings. The normalized spacial score (nSPS) is 15.6. The Morgan fingerprint density at radius 1 is 1.24 bits per heavy atom. The molecule has 5 nitrogen and oxygen atoms in total. The molecule has 0 bridgehead atoms. The molecule has 2 heterocycles. The molecule has 6 heteroatoms. The third kappa shape index (κ3) is 4.32. The zero-order valence-electron chi connectivity index (χ0n) is 17.0. The Bertz CT molecular complexity index is 1000. The van der Waals surface area contributed by atoms with E-state index in [-0.39, 0.29) is 5.91 Å². The second-order valence-electron chi connectivity index (χ2n) is 7.60. The largest absolute Gasteiger partial charge is 0.497 e. The lowest BCUT2D eigenvalue weighted by Gasteiger charge is -2.18. The smallest absolute Gasteiger partial charge is 0.258 e. The highest BCUT2D eigenvalue weighted by molar-refractivity contribution is 7.16. The summed E-state index contributed by atoms with van der Waals surface area (Å²) in [7, 11) is 1.63. The fourth-order valence-electron chi connectivity index (χ4n) is 3.73. The molecule has 3 aromatic rings. The Morgan fingerprint density at radius 2 is 2.03 bits per heavy atom. The van der Waals surface area contributed by atoms with E-state index >= 15 is 0 Å². The molecule has 0 spiro atoms. The molecule has 0 saturated heterocycles. The Hall–Kier alpha value is -2.73. The van der Waals surface area contributed by atoms with Crippen molar-refractivity contribution in [2.45, 2.75) is 39.7 Å². The van der Waals surface area contributed by atoms with Crippen LogP contribution in [0.1, 0.15) is 45.7 Å². The summed E-state index contributed by atoms with van der Waals surface area (Å²) in [6.07, 6.45) is 3.09. The molecule has 0 fully saturated rings. The summed E-state index contributed by atoms with van der Waals surface area (Å²) in [4.78, 5) is 14.5. The molecule has 2 aromatic heterocycles. The van der Waals surface area contributed by atoms with Gasteiger partial charge >= 0.3 is 0 Å². The number of aryl methyl sites for hydroxylation is 1. The van der Waals surface area contributed by atoms with Gasteiger partial charge in [0.05, 0.1) is 19.2 Å². The van der Waals surface area contributed by atoms with Gasteiger partial charge in [0.1, 0.15) is 22.3 Å². The van der Waals surface area contributed by atoms with E-state index in [0.717, 1.165) is 52.8 Å². The van der Waals surface area contributed by atoms with Crippen molar-refractivity contribution in [1.82, 2.24) is 0 Å². The predicted octanol–water partition coefficient (Wildman–Crippen LogP) is 5.65. The number of amides is 1. The molecule has 1 aromatic carbocycles. The Labute approximate surface area is 175 Å². The van der Waals surface area contributed by atoms with Gasteiger partial charge in [-0.1, -0.05) is 6.92 Å². The van der Waals surface area contributed by atoms with E-state index < -0.39 is 0 Å². The van der Waals surface area contributed by atoms with Crippen LogP contribution in [-0.4, -0.2) is 13.0 Å². The minimum Gasteiger partial charge on any atom is -0.497 e. The summed E-state index contributed by atoms with van der Waals surface area (Å²) in [6, 6.07) is 11.3. The second-order valence-corrected chi connectivity index (χ2v) is 8.71. The zero-order valence-corrected chi connectivity index (χ0v) is 17.8. The van der Waals surface area contributed by atoms with Gasteiger partial charge in [0.2, 0.25) is 0 Å². The van der Waals surface area contributed by atoms with Crippen LogP contribution in [0, 0.1) is 12.8 Å². The number of ether oxygens (including phenoxy) is 1. The molecule has 1 amide bonds. The molecule has 152 valence electrons. The lowest BCUT2D eigenvalue weighted by atomic mass is 9.88. The summed E-state index contributed by atoms with van der Waals surface area (Å²) in [5.74, 6) is 3.10. The standard InChI is InChI=1S/C23H26N2O3S/c1-14-4-11-19-20(12-14)29-23(24-13-18-8-5-15(2)28-18)21(19)22(26)25-16-6-9-17(27-3)10-7-16/h5-10,14,24H,4,11-13H2,1-3H3,(H,25,26)/t14-/m0/s1. The Kier molecular flexibility index (Phi) is 5.62. The fourth-order valence-corrected chi connectivity index (χ4v) is 5.13. The molecule has 2 N–H and O–H groups in total. The first kappa shape index (κ1) is 19.6. The monoisotopic (exact) mass is 410 g/mol. The van der Waals surface area contributed by atoms with Crippen molar-refractivity contribution in [3.8, 4) is 5.75 Å². The lowest BCUT2D eigenvalue weighted by molar-refractivity contribution is 0.102. The average molecular weight is 411 g/mol. The van der Waals surface area contributed by atoms with Crippen molar-refractivity contribution in [3.05, 3.63) is 63.9 Å². The quantitative estimate of drug-likeness (QED) is 0.551. The number of methoxy groups -OCH3 is 1. The number of rotatable bonds is 6. The molecule has 0 unspecified atom stereocenters. The van der Waals surface area contributed by atoms with Crippen LogP contribution in [0.3, 0.4) is 0 Å². The van der Waals surface area contributed by atoms with E-state index in [1.807, 2.05) is 43.3 Å². The van der Waals surface area contributed by atoms with E-state index in [2.05, 4.69) is 17.6 Å². The van der Waals surface area contributed by atoms with Crippen LogP contribution in [0.15, 0.2) is 40.8 Å². The van der Waals surface area contributed by atoms with E-state index in [1.54, 1.807) is 18.4 Å². The van der Waals surface area contributed by atoms with Gasteiger partial charge in [-0.25, -0.2) is 0 Å². The van der Waals surface area contributed by atoms with Gasteiger partial charge in [-0.2, -0.15) is 0 Å². The summed E-state index contributed by atoms with van der Waals surface area (Å²) in [6.45, 7) is 4.77. The lowest BCUT2D eigenvalue weighted by Crippen LogP contribution is -2.17. The van der Waals surface area contributed by atoms with Crippen LogP contribution in [0.25, 0.3) is 0 Å². The van der Waals surface area contributed by atoms with E-state index in [9.17, 15) is 4.79 Å². The van der Waals surface area contributed by atoms with Gasteiger partial charge in [-0.05, 0) is 74.1 Å². The Morgan fingerprint density at radius 3 is 2.72 bits per heavy atom. The van der Waals surface area contributed by atoms with Gasteiger partial charge in [0, 0.05) is 10.6 Å². The van der Waals surface area contributed by atoms with Crippen LogP contribution in [-0.2, 0) is 19.4 Å². The molecule has 0 aliphatic heterocycles. The minimum absolute atomic E-state index is 0.0691. The summed E-state index contributed by atoms with van der Waals surface area (Å²) < 4.78 is 10.9. The molecule has 29 heavy (non-hydrogen) atoms. The second kappa shape index (κ2) is 8.33. The number of hydrogen-bond acceptors (Lipinski definition) is 5. The number of carbonyl (C=O) groups is 1. The molecule has 0 saturated carbocycles. The van der Waals surface area contributed by atoms with Gasteiger partial charge in [-0.15, -0.1) is 11.3 Å². The van der Waals surface area contributed by atoms with Crippen molar-refractivity contribution in [1.29, 1.82) is 0 Å². The number of benzene rings is 1. The molecule has 1 aliphatic carbocycles. The minimum atomic E-state index is -0.0691. The molecular weight excluding hydrogens is 384 g/mol. The van der Waals surface area contributed by atoms with Crippen molar-refractivity contribution in [3.63, 3.8) is 0 Å². The maximum atomic E-state index is 13.2. The molecule has 1 atom stereocenters.